The van der Waals surface area contributed by atoms with Crippen molar-refractivity contribution < 1.29 is 4.79 Å². The van der Waals surface area contributed by atoms with E-state index in [1.807, 2.05) is 13.8 Å². The van der Waals surface area contributed by atoms with Crippen molar-refractivity contribution in [2.75, 3.05) is 0 Å². The van der Waals surface area contributed by atoms with Gasteiger partial charge < -0.3 is 5.73 Å². The molecule has 0 aliphatic heterocycles. The van der Waals surface area contributed by atoms with Gasteiger partial charge in [0, 0.05) is 21.7 Å². The molecule has 3 N–H and O–H groups in total. The van der Waals surface area contributed by atoms with Crippen LogP contribution < -0.4 is 11.1 Å². The van der Waals surface area contributed by atoms with Gasteiger partial charge in [-0.05, 0) is 39.0 Å². The molecule has 0 saturated carbocycles. The normalized spacial score (nSPS) is 14.7. The fraction of sp³-hybridized carbons (Fsp3) is 0.417. The predicted molar refractivity (Wildman–Crippen MR) is 71.3 cm³/mol. The van der Waals surface area contributed by atoms with Gasteiger partial charge in [0.25, 0.3) is 0 Å². The highest BCUT2D eigenvalue weighted by atomic mass is 35.5. The van der Waals surface area contributed by atoms with Gasteiger partial charge in [0.05, 0.1) is 0 Å². The molecule has 0 saturated heterocycles. The number of nitrogens with two attached hydrogens (primary N) is 1. The number of hydrogen-bond acceptors (Lipinski definition) is 2. The summed E-state index contributed by atoms with van der Waals surface area (Å²) >= 11 is 12.0. The third kappa shape index (κ3) is 3.12. The number of carbonyl (C=O) groups excluding carboxylic acids is 1. The molecule has 3 nitrogen and oxygen atoms in total. The lowest BCUT2D eigenvalue weighted by Crippen LogP contribution is -2.53. The van der Waals surface area contributed by atoms with E-state index in [2.05, 4.69) is 5.32 Å². The van der Waals surface area contributed by atoms with Crippen LogP contribution >= 0.6 is 23.2 Å². The zero-order chi connectivity index (χ0) is 13.2. The van der Waals surface area contributed by atoms with Crippen molar-refractivity contribution in [3.8, 4) is 0 Å². The first kappa shape index (κ1) is 14.3. The largest absolute Gasteiger partial charge is 0.368 e. The standard InChI is InChI=1S/C12H16Cl2N2O/c1-7(2)16-12(3,11(15)17)9-6-8(13)4-5-10(9)14/h4-7,16H,1-3H3,(H2,15,17). The van der Waals surface area contributed by atoms with E-state index in [1.54, 1.807) is 25.1 Å². The van der Waals surface area contributed by atoms with Crippen molar-refractivity contribution in [1.82, 2.24) is 5.32 Å². The Labute approximate surface area is 111 Å². The van der Waals surface area contributed by atoms with Gasteiger partial charge in [-0.3, -0.25) is 10.1 Å². The third-order valence-electron chi connectivity index (χ3n) is 2.54. The molecule has 1 atom stereocenters. The summed E-state index contributed by atoms with van der Waals surface area (Å²) in [5, 5.41) is 4.10. The van der Waals surface area contributed by atoms with Crippen molar-refractivity contribution in [3.63, 3.8) is 0 Å². The molecule has 1 aromatic carbocycles. The van der Waals surface area contributed by atoms with Crippen LogP contribution in [0.3, 0.4) is 0 Å². The van der Waals surface area contributed by atoms with Crippen molar-refractivity contribution in [1.29, 1.82) is 0 Å². The molecule has 1 amide bonds. The lowest BCUT2D eigenvalue weighted by atomic mass is 9.90. The summed E-state index contributed by atoms with van der Waals surface area (Å²) in [7, 11) is 0. The number of halogens is 2. The summed E-state index contributed by atoms with van der Waals surface area (Å²) < 4.78 is 0. The summed E-state index contributed by atoms with van der Waals surface area (Å²) in [6.07, 6.45) is 0. The molecule has 5 heteroatoms. The van der Waals surface area contributed by atoms with Crippen molar-refractivity contribution in [2.45, 2.75) is 32.4 Å². The molecule has 0 fully saturated rings. The molecule has 1 unspecified atom stereocenters. The minimum absolute atomic E-state index is 0.0857. The highest BCUT2D eigenvalue weighted by Gasteiger charge is 2.35. The number of benzene rings is 1. The average molecular weight is 275 g/mol. The van der Waals surface area contributed by atoms with E-state index in [9.17, 15) is 4.79 Å². The highest BCUT2D eigenvalue weighted by Crippen LogP contribution is 2.30. The second kappa shape index (κ2) is 5.25. The third-order valence-corrected chi connectivity index (χ3v) is 3.10. The van der Waals surface area contributed by atoms with Crippen LogP contribution in [0.25, 0.3) is 0 Å². The minimum atomic E-state index is -1.03. The van der Waals surface area contributed by atoms with Crippen LogP contribution in [0.1, 0.15) is 26.3 Å². The van der Waals surface area contributed by atoms with E-state index in [-0.39, 0.29) is 6.04 Å². The quantitative estimate of drug-likeness (QED) is 0.887. The molecule has 0 aliphatic carbocycles. The van der Waals surface area contributed by atoms with Crippen LogP contribution in [-0.2, 0) is 10.3 Å². The maximum absolute atomic E-state index is 11.7. The maximum atomic E-state index is 11.7. The van der Waals surface area contributed by atoms with Crippen molar-refractivity contribution >= 4 is 29.1 Å². The molecule has 1 aromatic rings. The number of carbonyl (C=O) groups is 1. The van der Waals surface area contributed by atoms with E-state index in [0.717, 1.165) is 0 Å². The number of primary amides is 1. The fourth-order valence-electron chi connectivity index (χ4n) is 1.74. The van der Waals surface area contributed by atoms with Crippen LogP contribution in [0.15, 0.2) is 18.2 Å². The van der Waals surface area contributed by atoms with E-state index < -0.39 is 11.4 Å². The smallest absolute Gasteiger partial charge is 0.242 e. The van der Waals surface area contributed by atoms with Crippen molar-refractivity contribution in [3.05, 3.63) is 33.8 Å². The van der Waals surface area contributed by atoms with Gasteiger partial charge in [-0.1, -0.05) is 23.2 Å². The Morgan fingerprint density at radius 2 is 2.00 bits per heavy atom. The molecule has 1 rings (SSSR count). The van der Waals surface area contributed by atoms with Gasteiger partial charge in [0.15, 0.2) is 0 Å². The first-order chi connectivity index (χ1) is 7.77. The second-order valence-electron chi connectivity index (χ2n) is 4.41. The van der Waals surface area contributed by atoms with Crippen LogP contribution in [0.5, 0.6) is 0 Å². The van der Waals surface area contributed by atoms with Gasteiger partial charge in [0.2, 0.25) is 5.91 Å². The van der Waals surface area contributed by atoms with Gasteiger partial charge >= 0.3 is 0 Å². The summed E-state index contributed by atoms with van der Waals surface area (Å²) in [5.41, 5.74) is 5.03. The summed E-state index contributed by atoms with van der Waals surface area (Å²) in [6.45, 7) is 5.56. The average Bonchev–Trinajstić information content (AvgIpc) is 2.20. The highest BCUT2D eigenvalue weighted by molar-refractivity contribution is 6.34. The Kier molecular flexibility index (Phi) is 4.42. The molecular weight excluding hydrogens is 259 g/mol. The van der Waals surface area contributed by atoms with Gasteiger partial charge in [-0.25, -0.2) is 0 Å². The Morgan fingerprint density at radius 1 is 1.41 bits per heavy atom. The van der Waals surface area contributed by atoms with E-state index >= 15 is 0 Å². The SMILES string of the molecule is CC(C)NC(C)(C(N)=O)c1cc(Cl)ccc1Cl. The molecule has 94 valence electrons. The number of amides is 1. The van der Waals surface area contributed by atoms with Gasteiger partial charge in [-0.2, -0.15) is 0 Å². The molecule has 17 heavy (non-hydrogen) atoms. The number of rotatable bonds is 4. The first-order valence-corrected chi connectivity index (χ1v) is 6.06. The van der Waals surface area contributed by atoms with E-state index in [4.69, 9.17) is 28.9 Å². The fourth-order valence-corrected chi connectivity index (χ4v) is 2.22. The zero-order valence-corrected chi connectivity index (χ0v) is 11.6. The Morgan fingerprint density at radius 3 is 2.47 bits per heavy atom. The zero-order valence-electron chi connectivity index (χ0n) is 10.1. The summed E-state index contributed by atoms with van der Waals surface area (Å²) in [5.74, 6) is -0.490. The molecule has 0 spiro atoms. The van der Waals surface area contributed by atoms with E-state index in [0.29, 0.717) is 15.6 Å². The lowest BCUT2D eigenvalue weighted by Gasteiger charge is -2.31. The monoisotopic (exact) mass is 274 g/mol. The Bertz CT molecular complexity index is 435. The molecule has 0 aliphatic rings. The Hall–Kier alpha value is -0.770. The van der Waals surface area contributed by atoms with Crippen LogP contribution in [0, 0.1) is 0 Å². The Balaban J connectivity index is 3.31. The van der Waals surface area contributed by atoms with Crippen LogP contribution in [0.4, 0.5) is 0 Å². The lowest BCUT2D eigenvalue weighted by molar-refractivity contribution is -0.124. The number of hydrogen-bond donors (Lipinski definition) is 2. The topological polar surface area (TPSA) is 55.1 Å². The number of nitrogens with one attached hydrogen (secondary N) is 1. The van der Waals surface area contributed by atoms with Crippen LogP contribution in [-0.4, -0.2) is 11.9 Å². The first-order valence-electron chi connectivity index (χ1n) is 5.30. The second-order valence-corrected chi connectivity index (χ2v) is 5.26. The molecule has 0 bridgehead atoms. The molecular formula is C12H16Cl2N2O. The van der Waals surface area contributed by atoms with Crippen molar-refractivity contribution in [2.24, 2.45) is 5.73 Å². The minimum Gasteiger partial charge on any atom is -0.368 e. The maximum Gasteiger partial charge on any atom is 0.242 e. The molecule has 0 heterocycles. The molecule has 0 radical (unpaired) electrons. The predicted octanol–water partition coefficient (Wildman–Crippen LogP) is 2.69. The summed E-state index contributed by atoms with van der Waals surface area (Å²) in [4.78, 5) is 11.7. The van der Waals surface area contributed by atoms with Gasteiger partial charge in [-0.15, -0.1) is 0 Å². The molecule has 0 aromatic heterocycles. The summed E-state index contributed by atoms with van der Waals surface area (Å²) in [6, 6.07) is 5.07. The van der Waals surface area contributed by atoms with Gasteiger partial charge in [0.1, 0.15) is 5.54 Å². The van der Waals surface area contributed by atoms with E-state index in [1.165, 1.54) is 0 Å². The van der Waals surface area contributed by atoms with Crippen LogP contribution in [0.2, 0.25) is 10.0 Å².